The number of carbonyl (C=O) groups excluding carboxylic acids is 4. The molecule has 1 atom stereocenters. The second-order valence-corrected chi connectivity index (χ2v) is 5.50. The largest absolute Gasteiger partial charge is 0.333 e. The molecule has 7 nitrogen and oxygen atoms in total. The van der Waals surface area contributed by atoms with Crippen molar-refractivity contribution in [2.75, 3.05) is 13.6 Å². The van der Waals surface area contributed by atoms with Crippen LogP contribution in [0.15, 0.2) is 0 Å². The van der Waals surface area contributed by atoms with E-state index >= 15 is 0 Å². The van der Waals surface area contributed by atoms with Gasteiger partial charge in [-0.1, -0.05) is 13.8 Å². The van der Waals surface area contributed by atoms with Crippen molar-refractivity contribution in [1.82, 2.24) is 9.96 Å². The van der Waals surface area contributed by atoms with Gasteiger partial charge in [0.1, 0.15) is 6.29 Å². The first-order valence-electron chi connectivity index (χ1n) is 7.09. The van der Waals surface area contributed by atoms with Gasteiger partial charge in [0.25, 0.3) is 11.8 Å². The van der Waals surface area contributed by atoms with E-state index in [0.29, 0.717) is 18.0 Å². The maximum atomic E-state index is 11.6. The Morgan fingerprint density at radius 1 is 1.33 bits per heavy atom. The summed E-state index contributed by atoms with van der Waals surface area (Å²) in [6.45, 7) is 4.46. The lowest BCUT2D eigenvalue weighted by molar-refractivity contribution is -0.197. The van der Waals surface area contributed by atoms with Crippen LogP contribution in [0.25, 0.3) is 0 Å². The van der Waals surface area contributed by atoms with E-state index in [4.69, 9.17) is 4.84 Å². The summed E-state index contributed by atoms with van der Waals surface area (Å²) in [5, 5.41) is 0.550. The van der Waals surface area contributed by atoms with Crippen LogP contribution in [0.4, 0.5) is 0 Å². The van der Waals surface area contributed by atoms with Gasteiger partial charge in [0.2, 0.25) is 0 Å². The summed E-state index contributed by atoms with van der Waals surface area (Å²) in [5.41, 5.74) is 0. The Morgan fingerprint density at radius 2 is 1.90 bits per heavy atom. The summed E-state index contributed by atoms with van der Waals surface area (Å²) < 4.78 is 0. The van der Waals surface area contributed by atoms with Crippen LogP contribution in [0.1, 0.15) is 39.5 Å². The minimum Gasteiger partial charge on any atom is -0.330 e. The zero-order valence-electron chi connectivity index (χ0n) is 12.7. The third-order valence-electron chi connectivity index (χ3n) is 3.42. The lowest BCUT2D eigenvalue weighted by atomic mass is 10.0. The predicted molar refractivity (Wildman–Crippen MR) is 73.7 cm³/mol. The molecular weight excluding hydrogens is 276 g/mol. The molecule has 1 aliphatic rings. The fraction of sp³-hybridized carbons (Fsp3) is 0.714. The minimum absolute atomic E-state index is 0.0876. The molecule has 0 N–H and O–H groups in total. The number of rotatable bonds is 8. The second-order valence-electron chi connectivity index (χ2n) is 5.50. The Hall–Kier alpha value is -1.76. The molecule has 0 spiro atoms. The maximum absolute atomic E-state index is 11.6. The SMILES string of the molecule is CC(C)[C@@H](C=O)N(C)CCCC(=O)ON1C(=O)CCC1=O. The van der Waals surface area contributed by atoms with Crippen LogP contribution < -0.4 is 0 Å². The molecule has 0 bridgehead atoms. The Balaban J connectivity index is 2.32. The smallest absolute Gasteiger partial charge is 0.330 e. The number of hydrogen-bond acceptors (Lipinski definition) is 6. The molecule has 0 saturated carbocycles. The molecule has 21 heavy (non-hydrogen) atoms. The average Bonchev–Trinajstić information content (AvgIpc) is 2.71. The third-order valence-corrected chi connectivity index (χ3v) is 3.42. The Labute approximate surface area is 124 Å². The van der Waals surface area contributed by atoms with E-state index in [1.807, 2.05) is 25.8 Å². The highest BCUT2D eigenvalue weighted by atomic mass is 16.7. The van der Waals surface area contributed by atoms with Crippen molar-refractivity contribution in [1.29, 1.82) is 0 Å². The molecule has 1 heterocycles. The summed E-state index contributed by atoms with van der Waals surface area (Å²) in [7, 11) is 1.82. The molecule has 2 amide bonds. The number of carbonyl (C=O) groups is 4. The van der Waals surface area contributed by atoms with Crippen molar-refractivity contribution < 1.29 is 24.0 Å². The molecular formula is C14H22N2O5. The number of imide groups is 1. The molecule has 0 aromatic heterocycles. The van der Waals surface area contributed by atoms with E-state index < -0.39 is 17.8 Å². The molecule has 1 aliphatic heterocycles. The third kappa shape index (κ3) is 4.93. The quantitative estimate of drug-likeness (QED) is 0.480. The van der Waals surface area contributed by atoms with Crippen molar-refractivity contribution in [3.63, 3.8) is 0 Å². The van der Waals surface area contributed by atoms with Gasteiger partial charge in [-0.25, -0.2) is 4.79 Å². The molecule has 0 aliphatic carbocycles. The van der Waals surface area contributed by atoms with Gasteiger partial charge >= 0.3 is 5.97 Å². The Kier molecular flexibility index (Phi) is 6.48. The van der Waals surface area contributed by atoms with Crippen molar-refractivity contribution in [2.45, 2.75) is 45.6 Å². The second kappa shape index (κ2) is 7.87. The van der Waals surface area contributed by atoms with Crippen LogP contribution in [-0.2, 0) is 24.0 Å². The first-order chi connectivity index (χ1) is 9.86. The summed E-state index contributed by atoms with van der Waals surface area (Å²) in [6, 6.07) is -0.192. The van der Waals surface area contributed by atoms with Crippen molar-refractivity contribution in [2.24, 2.45) is 5.92 Å². The summed E-state index contributed by atoms with van der Waals surface area (Å²) >= 11 is 0. The lowest BCUT2D eigenvalue weighted by Gasteiger charge is -2.26. The molecule has 0 aromatic carbocycles. The van der Waals surface area contributed by atoms with Gasteiger partial charge in [-0.2, -0.15) is 0 Å². The summed E-state index contributed by atoms with van der Waals surface area (Å²) in [4.78, 5) is 51.8. The zero-order chi connectivity index (χ0) is 16.0. The summed E-state index contributed by atoms with van der Waals surface area (Å²) in [5.74, 6) is -1.38. The number of amides is 2. The van der Waals surface area contributed by atoms with Crippen molar-refractivity contribution >= 4 is 24.1 Å². The molecule has 1 saturated heterocycles. The maximum Gasteiger partial charge on any atom is 0.333 e. The Morgan fingerprint density at radius 3 is 2.38 bits per heavy atom. The van der Waals surface area contributed by atoms with E-state index in [2.05, 4.69) is 0 Å². The number of hydrogen-bond donors (Lipinski definition) is 0. The normalized spacial score (nSPS) is 16.7. The average molecular weight is 298 g/mol. The number of likely N-dealkylation sites (N-methyl/N-ethyl adjacent to an activating group) is 1. The van der Waals surface area contributed by atoms with Gasteiger partial charge in [0.05, 0.1) is 6.04 Å². The molecule has 0 aromatic rings. The van der Waals surface area contributed by atoms with Crippen LogP contribution >= 0.6 is 0 Å². The molecule has 0 radical (unpaired) electrons. The van der Waals surface area contributed by atoms with Crippen LogP contribution in [0.3, 0.4) is 0 Å². The molecule has 118 valence electrons. The van der Waals surface area contributed by atoms with Crippen molar-refractivity contribution in [3.05, 3.63) is 0 Å². The number of nitrogens with zero attached hydrogens (tertiary/aromatic N) is 2. The fourth-order valence-electron chi connectivity index (χ4n) is 2.20. The first kappa shape index (κ1) is 17.3. The minimum atomic E-state index is -0.612. The highest BCUT2D eigenvalue weighted by Gasteiger charge is 2.32. The van der Waals surface area contributed by atoms with Crippen LogP contribution in [0, 0.1) is 5.92 Å². The van der Waals surface area contributed by atoms with E-state index in [9.17, 15) is 19.2 Å². The van der Waals surface area contributed by atoms with E-state index in [-0.39, 0.29) is 31.2 Å². The standard InChI is InChI=1S/C14H22N2O5/c1-10(2)11(9-17)15(3)8-4-5-14(20)21-16-12(18)6-7-13(16)19/h9-11H,4-8H2,1-3H3/t11-/m1/s1. The van der Waals surface area contributed by atoms with Gasteiger partial charge in [0.15, 0.2) is 0 Å². The highest BCUT2D eigenvalue weighted by Crippen LogP contribution is 2.13. The predicted octanol–water partition coefficient (Wildman–Crippen LogP) is 0.529. The first-order valence-corrected chi connectivity index (χ1v) is 7.09. The molecule has 7 heteroatoms. The zero-order valence-corrected chi connectivity index (χ0v) is 12.7. The highest BCUT2D eigenvalue weighted by molar-refractivity contribution is 6.01. The molecule has 0 unspecified atom stereocenters. The van der Waals surface area contributed by atoms with Gasteiger partial charge in [-0.3, -0.25) is 14.5 Å². The van der Waals surface area contributed by atoms with Gasteiger partial charge in [-0.15, -0.1) is 5.06 Å². The molecule has 1 fully saturated rings. The van der Waals surface area contributed by atoms with Gasteiger partial charge < -0.3 is 9.63 Å². The van der Waals surface area contributed by atoms with E-state index in [1.54, 1.807) is 0 Å². The van der Waals surface area contributed by atoms with Crippen LogP contribution in [0.5, 0.6) is 0 Å². The van der Waals surface area contributed by atoms with Gasteiger partial charge in [-0.05, 0) is 25.9 Å². The lowest BCUT2D eigenvalue weighted by Crippen LogP contribution is -2.38. The van der Waals surface area contributed by atoms with Crippen LogP contribution in [-0.4, -0.2) is 53.7 Å². The monoisotopic (exact) mass is 298 g/mol. The van der Waals surface area contributed by atoms with E-state index in [0.717, 1.165) is 6.29 Å². The number of aldehydes is 1. The van der Waals surface area contributed by atoms with E-state index in [1.165, 1.54) is 0 Å². The van der Waals surface area contributed by atoms with Crippen molar-refractivity contribution in [3.8, 4) is 0 Å². The Bertz CT molecular complexity index is 406. The number of hydroxylamine groups is 2. The molecule has 1 rings (SSSR count). The fourth-order valence-corrected chi connectivity index (χ4v) is 2.20. The summed E-state index contributed by atoms with van der Waals surface area (Å²) in [6.07, 6.45) is 1.65. The van der Waals surface area contributed by atoms with Crippen LogP contribution in [0.2, 0.25) is 0 Å². The van der Waals surface area contributed by atoms with Gasteiger partial charge in [0, 0.05) is 19.3 Å². The topological polar surface area (TPSA) is 84.0 Å².